The van der Waals surface area contributed by atoms with Crippen LogP contribution < -0.4 is 26.2 Å². The molecular weight excluding hydrogens is 371 g/mol. The van der Waals surface area contributed by atoms with Crippen molar-refractivity contribution in [1.29, 1.82) is 0 Å². The number of carbonyl (C=O) groups is 2. The lowest BCUT2D eigenvalue weighted by Crippen LogP contribution is -2.49. The van der Waals surface area contributed by atoms with Crippen LogP contribution in [0.15, 0.2) is 48.5 Å². The molecular formula is C18H17FN4O3S. The number of hydrazine groups is 1. The third kappa shape index (κ3) is 5.14. The highest BCUT2D eigenvalue weighted by atomic mass is 32.1. The Morgan fingerprint density at radius 3 is 2.67 bits per heavy atom. The molecule has 2 amide bonds. The summed E-state index contributed by atoms with van der Waals surface area (Å²) in [6.45, 7) is 0.368. The second kappa shape index (κ2) is 8.45. The van der Waals surface area contributed by atoms with Crippen molar-refractivity contribution < 1.29 is 18.7 Å². The quantitative estimate of drug-likeness (QED) is 0.470. The predicted octanol–water partition coefficient (Wildman–Crippen LogP) is 1.61. The number of fused-ring (bicyclic) bond motifs is 1. The van der Waals surface area contributed by atoms with Gasteiger partial charge in [-0.2, -0.15) is 0 Å². The van der Waals surface area contributed by atoms with Gasteiger partial charge in [-0.1, -0.05) is 24.3 Å². The van der Waals surface area contributed by atoms with E-state index in [0.717, 1.165) is 5.56 Å². The molecule has 0 saturated heterocycles. The summed E-state index contributed by atoms with van der Waals surface area (Å²) in [6, 6.07) is 12.9. The van der Waals surface area contributed by atoms with Crippen molar-refractivity contribution in [2.45, 2.75) is 19.1 Å². The Morgan fingerprint density at radius 2 is 1.89 bits per heavy atom. The highest BCUT2D eigenvalue weighted by molar-refractivity contribution is 7.80. The number of para-hydroxylation sites is 2. The van der Waals surface area contributed by atoms with Crippen molar-refractivity contribution in [3.8, 4) is 5.75 Å². The Morgan fingerprint density at radius 1 is 1.15 bits per heavy atom. The van der Waals surface area contributed by atoms with Crippen LogP contribution in [-0.4, -0.2) is 23.0 Å². The molecule has 0 aromatic heterocycles. The SMILES string of the molecule is O=C(C[C@H]1Oc2ccccc2NC1=O)NNC(=S)NCc1ccc(F)cc1. The molecule has 9 heteroatoms. The highest BCUT2D eigenvalue weighted by Crippen LogP contribution is 2.29. The Labute approximate surface area is 160 Å². The number of anilines is 1. The van der Waals surface area contributed by atoms with Gasteiger partial charge < -0.3 is 15.4 Å². The maximum atomic E-state index is 12.9. The minimum absolute atomic E-state index is 0.173. The summed E-state index contributed by atoms with van der Waals surface area (Å²) >= 11 is 5.06. The first kappa shape index (κ1) is 18.6. The summed E-state index contributed by atoms with van der Waals surface area (Å²) < 4.78 is 18.4. The van der Waals surface area contributed by atoms with Crippen LogP contribution in [0.2, 0.25) is 0 Å². The third-order valence-corrected chi connectivity index (χ3v) is 4.01. The van der Waals surface area contributed by atoms with Crippen molar-refractivity contribution >= 4 is 34.8 Å². The van der Waals surface area contributed by atoms with E-state index in [1.165, 1.54) is 12.1 Å². The number of nitrogens with one attached hydrogen (secondary N) is 4. The fourth-order valence-corrected chi connectivity index (χ4v) is 2.52. The van der Waals surface area contributed by atoms with Crippen LogP contribution in [0.5, 0.6) is 5.75 Å². The molecule has 2 aromatic rings. The monoisotopic (exact) mass is 388 g/mol. The van der Waals surface area contributed by atoms with Gasteiger partial charge in [0.25, 0.3) is 5.91 Å². The highest BCUT2D eigenvalue weighted by Gasteiger charge is 2.29. The zero-order valence-corrected chi connectivity index (χ0v) is 14.9. The van der Waals surface area contributed by atoms with Gasteiger partial charge in [0.1, 0.15) is 11.6 Å². The van der Waals surface area contributed by atoms with Gasteiger partial charge in [0, 0.05) is 6.54 Å². The molecule has 7 nitrogen and oxygen atoms in total. The maximum absolute atomic E-state index is 12.9. The Kier molecular flexibility index (Phi) is 5.82. The fourth-order valence-electron chi connectivity index (χ4n) is 2.40. The molecule has 0 saturated carbocycles. The summed E-state index contributed by atoms with van der Waals surface area (Å²) in [4.78, 5) is 24.0. The first-order chi connectivity index (χ1) is 13.0. The molecule has 0 radical (unpaired) electrons. The van der Waals surface area contributed by atoms with E-state index in [1.54, 1.807) is 36.4 Å². The van der Waals surface area contributed by atoms with Crippen molar-refractivity contribution in [1.82, 2.24) is 16.2 Å². The summed E-state index contributed by atoms with van der Waals surface area (Å²) in [5, 5.41) is 5.75. The van der Waals surface area contributed by atoms with E-state index in [4.69, 9.17) is 17.0 Å². The molecule has 4 N–H and O–H groups in total. The van der Waals surface area contributed by atoms with Gasteiger partial charge in [0.05, 0.1) is 12.1 Å². The zero-order valence-electron chi connectivity index (χ0n) is 14.1. The zero-order chi connectivity index (χ0) is 19.2. The first-order valence-corrected chi connectivity index (χ1v) is 8.56. The van der Waals surface area contributed by atoms with E-state index in [0.29, 0.717) is 18.0 Å². The van der Waals surface area contributed by atoms with Crippen LogP contribution in [0.25, 0.3) is 0 Å². The molecule has 1 heterocycles. The second-order valence-corrected chi connectivity index (χ2v) is 6.19. The molecule has 3 rings (SSSR count). The summed E-state index contributed by atoms with van der Waals surface area (Å²) in [5.74, 6) is -0.649. The van der Waals surface area contributed by atoms with E-state index in [9.17, 15) is 14.0 Å². The predicted molar refractivity (Wildman–Crippen MR) is 101 cm³/mol. The van der Waals surface area contributed by atoms with Crippen molar-refractivity contribution in [2.75, 3.05) is 5.32 Å². The standard InChI is InChI=1S/C18H17FN4O3S/c19-12-7-5-11(6-8-12)10-20-18(27)23-22-16(24)9-15-17(25)21-13-3-1-2-4-14(13)26-15/h1-8,15H,9-10H2,(H,21,25)(H,22,24)(H2,20,23,27)/t15-/m1/s1. The summed E-state index contributed by atoms with van der Waals surface area (Å²) in [7, 11) is 0. The molecule has 0 bridgehead atoms. The lowest BCUT2D eigenvalue weighted by molar-refractivity contribution is -0.130. The van der Waals surface area contributed by atoms with Gasteiger partial charge in [-0.15, -0.1) is 0 Å². The van der Waals surface area contributed by atoms with E-state index in [-0.39, 0.29) is 23.3 Å². The Balaban J connectivity index is 1.42. The molecule has 0 spiro atoms. The third-order valence-electron chi connectivity index (χ3n) is 3.76. The number of thiocarbonyl (C=S) groups is 1. The van der Waals surface area contributed by atoms with Crippen LogP contribution in [0, 0.1) is 5.82 Å². The van der Waals surface area contributed by atoms with Crippen molar-refractivity contribution in [2.24, 2.45) is 0 Å². The van der Waals surface area contributed by atoms with Gasteiger partial charge in [-0.25, -0.2) is 4.39 Å². The topological polar surface area (TPSA) is 91.5 Å². The number of hydrogen-bond donors (Lipinski definition) is 4. The number of halogens is 1. The largest absolute Gasteiger partial charge is 0.478 e. The molecule has 140 valence electrons. The lowest BCUT2D eigenvalue weighted by atomic mass is 10.1. The van der Waals surface area contributed by atoms with Crippen LogP contribution in [-0.2, 0) is 16.1 Å². The van der Waals surface area contributed by atoms with Crippen LogP contribution >= 0.6 is 12.2 Å². The maximum Gasteiger partial charge on any atom is 0.266 e. The minimum atomic E-state index is -0.928. The molecule has 0 unspecified atom stereocenters. The van der Waals surface area contributed by atoms with E-state index >= 15 is 0 Å². The number of rotatable bonds is 4. The van der Waals surface area contributed by atoms with Crippen LogP contribution in [0.1, 0.15) is 12.0 Å². The van der Waals surface area contributed by atoms with E-state index < -0.39 is 12.0 Å². The number of amides is 2. The van der Waals surface area contributed by atoms with E-state index in [1.807, 2.05) is 0 Å². The minimum Gasteiger partial charge on any atom is -0.478 e. The molecule has 1 atom stereocenters. The lowest BCUT2D eigenvalue weighted by Gasteiger charge is -2.25. The van der Waals surface area contributed by atoms with Crippen molar-refractivity contribution in [3.63, 3.8) is 0 Å². The summed E-state index contributed by atoms with van der Waals surface area (Å²) in [5.41, 5.74) is 6.36. The first-order valence-electron chi connectivity index (χ1n) is 8.15. The average molecular weight is 388 g/mol. The van der Waals surface area contributed by atoms with Crippen LogP contribution in [0.4, 0.5) is 10.1 Å². The number of carbonyl (C=O) groups excluding carboxylic acids is 2. The number of benzene rings is 2. The molecule has 2 aromatic carbocycles. The molecule has 0 aliphatic carbocycles. The van der Waals surface area contributed by atoms with Crippen molar-refractivity contribution in [3.05, 3.63) is 59.9 Å². The average Bonchev–Trinajstić information content (AvgIpc) is 2.66. The normalized spacial score (nSPS) is 15.0. The Bertz CT molecular complexity index is 860. The smallest absolute Gasteiger partial charge is 0.266 e. The summed E-state index contributed by atoms with van der Waals surface area (Å²) in [6.07, 6.45) is -1.10. The van der Waals surface area contributed by atoms with Crippen LogP contribution in [0.3, 0.4) is 0 Å². The molecule has 0 fully saturated rings. The van der Waals surface area contributed by atoms with Gasteiger partial charge in [-0.3, -0.25) is 20.4 Å². The molecule has 1 aliphatic heterocycles. The molecule has 27 heavy (non-hydrogen) atoms. The fraction of sp³-hybridized carbons (Fsp3) is 0.167. The number of hydrogen-bond acceptors (Lipinski definition) is 4. The van der Waals surface area contributed by atoms with Gasteiger partial charge in [0.15, 0.2) is 11.2 Å². The second-order valence-electron chi connectivity index (χ2n) is 5.78. The molecule has 1 aliphatic rings. The number of ether oxygens (including phenoxy) is 1. The van der Waals surface area contributed by atoms with Gasteiger partial charge in [0.2, 0.25) is 5.91 Å². The Hall–Kier alpha value is -3.20. The van der Waals surface area contributed by atoms with Gasteiger partial charge in [-0.05, 0) is 42.0 Å². The van der Waals surface area contributed by atoms with Gasteiger partial charge >= 0.3 is 0 Å². The van der Waals surface area contributed by atoms with E-state index in [2.05, 4.69) is 21.5 Å².